The predicted molar refractivity (Wildman–Crippen MR) is 76.7 cm³/mol. The van der Waals surface area contributed by atoms with Crippen molar-refractivity contribution in [3.05, 3.63) is 31.5 Å². The number of hydrogen-bond acceptors (Lipinski definition) is 3. The molecule has 0 bridgehead atoms. The van der Waals surface area contributed by atoms with Crippen molar-refractivity contribution in [1.82, 2.24) is 4.72 Å². The molecule has 0 saturated carbocycles. The van der Waals surface area contributed by atoms with Gasteiger partial charge < -0.3 is 11.8 Å². The average Bonchev–Trinajstić information content (AvgIpc) is 2.43. The van der Waals surface area contributed by atoms with Crippen LogP contribution in [0.1, 0.15) is 20.8 Å². The van der Waals surface area contributed by atoms with Crippen LogP contribution in [0.25, 0.3) is 0 Å². The topological polar surface area (TPSA) is 53.3 Å². The van der Waals surface area contributed by atoms with Gasteiger partial charge in [0.1, 0.15) is 0 Å². The van der Waals surface area contributed by atoms with Crippen LogP contribution in [0, 0.1) is 6.92 Å². The monoisotopic (exact) mass is 275 g/mol. The van der Waals surface area contributed by atoms with Gasteiger partial charge in [-0.1, -0.05) is 17.8 Å². The summed E-state index contributed by atoms with van der Waals surface area (Å²) in [6.45, 7) is 9.00. The van der Waals surface area contributed by atoms with Crippen LogP contribution in [0.4, 0.5) is 5.69 Å². The van der Waals surface area contributed by atoms with E-state index in [1.807, 2.05) is 32.8 Å². The summed E-state index contributed by atoms with van der Waals surface area (Å²) >= 11 is 0. The highest BCUT2D eigenvalue weighted by molar-refractivity contribution is 7.82. The molecule has 6 heteroatoms. The molecule has 0 unspecified atom stereocenters. The third-order valence-electron chi connectivity index (χ3n) is 1.84. The van der Waals surface area contributed by atoms with Crippen LogP contribution < -0.4 is 13.6 Å². The van der Waals surface area contributed by atoms with Crippen LogP contribution in [0.2, 0.25) is 0 Å². The van der Waals surface area contributed by atoms with E-state index in [9.17, 15) is 8.42 Å². The molecule has 0 amide bonds. The van der Waals surface area contributed by atoms with Gasteiger partial charge >= 0.3 is 10.2 Å². The molecule has 0 aliphatic rings. The van der Waals surface area contributed by atoms with E-state index in [0.717, 1.165) is 9.66 Å². The smallest absolute Gasteiger partial charge is 0.377 e. The van der Waals surface area contributed by atoms with Crippen LogP contribution >= 0.6 is 0 Å². The SMILES string of the molecule is CC.CNS(=O)(=O)[n+]1ccc(N(C)C)cc1.[CH2-]C. The molecule has 0 atom stereocenters. The fourth-order valence-corrected chi connectivity index (χ4v) is 1.62. The Morgan fingerprint density at radius 1 is 1.17 bits per heavy atom. The molecule has 1 aromatic rings. The van der Waals surface area contributed by atoms with Crippen LogP contribution in [0.3, 0.4) is 0 Å². The minimum Gasteiger partial charge on any atom is -0.377 e. The zero-order valence-corrected chi connectivity index (χ0v) is 13.0. The molecule has 0 aliphatic carbocycles. The van der Waals surface area contributed by atoms with Gasteiger partial charge in [-0.15, -0.1) is 8.42 Å². The number of aromatic nitrogens is 1. The summed E-state index contributed by atoms with van der Waals surface area (Å²) in [6.07, 6.45) is 3.00. The Balaban J connectivity index is 0. The predicted octanol–water partition coefficient (Wildman–Crippen LogP) is 1.22. The molecule has 1 N–H and O–H groups in total. The summed E-state index contributed by atoms with van der Waals surface area (Å²) in [5, 5.41) is 0. The van der Waals surface area contributed by atoms with E-state index >= 15 is 0 Å². The van der Waals surface area contributed by atoms with Crippen LogP contribution in [-0.4, -0.2) is 29.6 Å². The maximum Gasteiger partial charge on any atom is 0.444 e. The second kappa shape index (κ2) is 9.85. The summed E-state index contributed by atoms with van der Waals surface area (Å²) in [5.74, 6) is 0. The third kappa shape index (κ3) is 5.97. The fourth-order valence-electron chi connectivity index (χ4n) is 0.969. The lowest BCUT2D eigenvalue weighted by Gasteiger charge is -2.09. The van der Waals surface area contributed by atoms with Crippen molar-refractivity contribution in [3.63, 3.8) is 0 Å². The van der Waals surface area contributed by atoms with E-state index < -0.39 is 10.2 Å². The number of hydrogen-bond donors (Lipinski definition) is 1. The summed E-state index contributed by atoms with van der Waals surface area (Å²) in [5.41, 5.74) is 0.951. The van der Waals surface area contributed by atoms with Crippen LogP contribution in [0.5, 0.6) is 0 Å². The van der Waals surface area contributed by atoms with Crippen LogP contribution in [-0.2, 0) is 10.2 Å². The first-order valence-corrected chi connectivity index (χ1v) is 7.25. The number of pyridine rings is 1. The lowest BCUT2D eigenvalue weighted by molar-refractivity contribution is -0.512. The second-order valence-electron chi connectivity index (χ2n) is 2.99. The normalized spacial score (nSPS) is 9.50. The zero-order valence-electron chi connectivity index (χ0n) is 12.1. The lowest BCUT2D eigenvalue weighted by atomic mass is 10.4. The molecule has 0 aliphatic heterocycles. The standard InChI is InChI=1S/C8H14N3O2S.C2H6.C2H5/c1-9-14(12,13)11-6-4-8(5-7-11)10(2)3;2*1-2/h4-7,9H,1-3H3;1-2H3;1H2,2H3/q+1;;-1. The number of nitrogens with zero attached hydrogens (tertiary/aromatic N) is 2. The van der Waals surface area contributed by atoms with E-state index in [1.54, 1.807) is 19.1 Å². The molecule has 0 fully saturated rings. The van der Waals surface area contributed by atoms with E-state index in [-0.39, 0.29) is 0 Å². The van der Waals surface area contributed by atoms with Gasteiger partial charge in [-0.25, -0.2) is 0 Å². The highest BCUT2D eigenvalue weighted by Crippen LogP contribution is 2.05. The van der Waals surface area contributed by atoms with Gasteiger partial charge in [-0.2, -0.15) is 11.6 Å². The molecule has 0 radical (unpaired) electrons. The van der Waals surface area contributed by atoms with E-state index in [0.29, 0.717) is 0 Å². The van der Waals surface area contributed by atoms with Crippen molar-refractivity contribution < 1.29 is 12.4 Å². The Bertz CT molecular complexity index is 400. The second-order valence-corrected chi connectivity index (χ2v) is 4.77. The zero-order chi connectivity index (χ0) is 14.8. The quantitative estimate of drug-likeness (QED) is 0.666. The molecule has 1 heterocycles. The van der Waals surface area contributed by atoms with Gasteiger partial charge in [0.05, 0.1) is 0 Å². The molecule has 5 nitrogen and oxygen atoms in total. The molecule has 1 aromatic heterocycles. The van der Waals surface area contributed by atoms with Gasteiger partial charge in [-0.05, 0) is 0 Å². The molecule has 1 rings (SSSR count). The Labute approximate surface area is 112 Å². The van der Waals surface area contributed by atoms with Gasteiger partial charge in [-0.3, -0.25) is 0 Å². The van der Waals surface area contributed by atoms with Gasteiger partial charge in [0, 0.05) is 39.0 Å². The van der Waals surface area contributed by atoms with Crippen molar-refractivity contribution in [3.8, 4) is 0 Å². The number of rotatable bonds is 3. The maximum atomic E-state index is 11.3. The van der Waals surface area contributed by atoms with E-state index in [1.165, 1.54) is 19.4 Å². The summed E-state index contributed by atoms with van der Waals surface area (Å²) in [7, 11) is 1.77. The van der Waals surface area contributed by atoms with Crippen molar-refractivity contribution in [2.45, 2.75) is 20.8 Å². The number of anilines is 1. The Kier molecular flexibility index (Phi) is 10.5. The molecule has 0 aromatic carbocycles. The van der Waals surface area contributed by atoms with Crippen molar-refractivity contribution >= 4 is 15.9 Å². The highest BCUT2D eigenvalue weighted by atomic mass is 32.2. The lowest BCUT2D eigenvalue weighted by Crippen LogP contribution is -2.48. The first-order chi connectivity index (χ1) is 8.47. The first kappa shape index (κ1) is 19.2. The van der Waals surface area contributed by atoms with Gasteiger partial charge in [0.2, 0.25) is 0 Å². The molecule has 18 heavy (non-hydrogen) atoms. The number of nitrogens with one attached hydrogen (secondary N) is 1. The fraction of sp³-hybridized carbons (Fsp3) is 0.500. The highest BCUT2D eigenvalue weighted by Gasteiger charge is 2.17. The van der Waals surface area contributed by atoms with E-state index in [2.05, 4.69) is 11.6 Å². The average molecular weight is 275 g/mol. The summed E-state index contributed by atoms with van der Waals surface area (Å²) in [6, 6.07) is 3.46. The van der Waals surface area contributed by atoms with E-state index in [4.69, 9.17) is 0 Å². The van der Waals surface area contributed by atoms with Crippen molar-refractivity contribution in [2.75, 3.05) is 26.0 Å². The van der Waals surface area contributed by atoms with Crippen molar-refractivity contribution in [2.24, 2.45) is 0 Å². The molecular weight excluding hydrogens is 250 g/mol. The Morgan fingerprint density at radius 2 is 1.56 bits per heavy atom. The van der Waals surface area contributed by atoms with Gasteiger partial charge in [0.15, 0.2) is 12.4 Å². The van der Waals surface area contributed by atoms with Crippen LogP contribution in [0.15, 0.2) is 24.5 Å². The summed E-state index contributed by atoms with van der Waals surface area (Å²) in [4.78, 5) is 1.90. The molecule has 0 spiro atoms. The Morgan fingerprint density at radius 3 is 1.83 bits per heavy atom. The Hall–Kier alpha value is -1.14. The first-order valence-electron chi connectivity index (χ1n) is 5.81. The molecule has 0 saturated heterocycles. The third-order valence-corrected chi connectivity index (χ3v) is 3.15. The molecule has 106 valence electrons. The summed E-state index contributed by atoms with van der Waals surface area (Å²) < 4.78 is 26.0. The minimum atomic E-state index is -3.39. The van der Waals surface area contributed by atoms with Crippen molar-refractivity contribution in [1.29, 1.82) is 0 Å². The van der Waals surface area contributed by atoms with Gasteiger partial charge in [0.25, 0.3) is 0 Å². The minimum absolute atomic E-state index is 0.951. The largest absolute Gasteiger partial charge is 0.444 e. The molecular formula is C12H25N3O2S. The maximum absolute atomic E-state index is 11.3.